The summed E-state index contributed by atoms with van der Waals surface area (Å²) in [5.41, 5.74) is 0.834. The molecule has 0 aliphatic carbocycles. The normalized spacial score (nSPS) is 12.2. The maximum atomic E-state index is 12.6. The van der Waals surface area contributed by atoms with E-state index in [1.807, 2.05) is 6.07 Å². The van der Waals surface area contributed by atoms with Crippen LogP contribution in [0.15, 0.2) is 54.6 Å². The van der Waals surface area contributed by atoms with E-state index in [0.29, 0.717) is 19.0 Å². The second-order valence-electron chi connectivity index (χ2n) is 10.7. The second kappa shape index (κ2) is 14.6. The molecule has 0 aliphatic heterocycles. The molecule has 0 spiro atoms. The summed E-state index contributed by atoms with van der Waals surface area (Å²) in [4.78, 5) is 24.6. The predicted molar refractivity (Wildman–Crippen MR) is 165 cm³/mol. The van der Waals surface area contributed by atoms with Gasteiger partial charge in [0.1, 0.15) is 0 Å². The van der Waals surface area contributed by atoms with Gasteiger partial charge in [-0.3, -0.25) is 0 Å². The van der Waals surface area contributed by atoms with Gasteiger partial charge in [0, 0.05) is 25.0 Å². The highest BCUT2D eigenvalue weighted by Crippen LogP contribution is 2.37. The molecule has 39 heavy (non-hydrogen) atoms. The quantitative estimate of drug-likeness (QED) is 0.0927. The summed E-state index contributed by atoms with van der Waals surface area (Å²) in [7, 11) is 0. The van der Waals surface area contributed by atoms with Gasteiger partial charge in [-0.15, -0.1) is 0 Å². The number of amides is 4. The molecule has 4 aromatic carbocycles. The minimum absolute atomic E-state index is 0.0511. The summed E-state index contributed by atoms with van der Waals surface area (Å²) in [5, 5.41) is 19.2. The fourth-order valence-corrected chi connectivity index (χ4v) is 5.44. The monoisotopic (exact) mass is 528 g/mol. The van der Waals surface area contributed by atoms with Gasteiger partial charge in [0.05, 0.1) is 5.69 Å². The van der Waals surface area contributed by atoms with Crippen LogP contribution in [0.2, 0.25) is 0 Å². The molecular weight excluding hydrogens is 484 g/mol. The first-order valence-electron chi connectivity index (χ1n) is 14.8. The third-order valence-electron chi connectivity index (χ3n) is 7.80. The standard InChI is InChI=1S/C33H44N4O2/c1-3-5-12-24(4-2)23-36-32(38)34-21-9-7-6-8-10-22-35-33(39)37-29-20-18-27-16-15-25-13-11-14-26-17-19-28(29)31(27)30(25)26/h11,13-20,24H,3-10,12,21-23H2,1-2H3,(H2,34,36,38)(H2,35,37,39). The van der Waals surface area contributed by atoms with Crippen LogP contribution in [0.1, 0.15) is 71.6 Å². The summed E-state index contributed by atoms with van der Waals surface area (Å²) < 4.78 is 0. The maximum Gasteiger partial charge on any atom is 0.319 e. The van der Waals surface area contributed by atoms with Gasteiger partial charge in [0.15, 0.2) is 0 Å². The molecule has 208 valence electrons. The van der Waals surface area contributed by atoms with Crippen LogP contribution in [-0.2, 0) is 0 Å². The molecule has 0 bridgehead atoms. The van der Waals surface area contributed by atoms with Crippen molar-refractivity contribution in [3.8, 4) is 0 Å². The van der Waals surface area contributed by atoms with Gasteiger partial charge in [-0.2, -0.15) is 0 Å². The van der Waals surface area contributed by atoms with E-state index in [9.17, 15) is 9.59 Å². The molecule has 0 aliphatic rings. The molecule has 4 rings (SSSR count). The number of unbranched alkanes of at least 4 members (excludes halogenated alkanes) is 5. The molecule has 4 aromatic rings. The van der Waals surface area contributed by atoms with Crippen LogP contribution in [0.4, 0.5) is 15.3 Å². The number of anilines is 1. The van der Waals surface area contributed by atoms with E-state index in [1.165, 1.54) is 46.2 Å². The van der Waals surface area contributed by atoms with Crippen molar-refractivity contribution in [2.24, 2.45) is 5.92 Å². The lowest BCUT2D eigenvalue weighted by molar-refractivity contribution is 0.238. The van der Waals surface area contributed by atoms with Crippen molar-refractivity contribution in [3.63, 3.8) is 0 Å². The van der Waals surface area contributed by atoms with Gasteiger partial charge in [-0.1, -0.05) is 101 Å². The van der Waals surface area contributed by atoms with E-state index >= 15 is 0 Å². The topological polar surface area (TPSA) is 82.3 Å². The first kappa shape index (κ1) is 28.5. The second-order valence-corrected chi connectivity index (χ2v) is 10.7. The van der Waals surface area contributed by atoms with Gasteiger partial charge in [0.25, 0.3) is 0 Å². The van der Waals surface area contributed by atoms with Crippen molar-refractivity contribution in [1.29, 1.82) is 0 Å². The smallest absolute Gasteiger partial charge is 0.319 e. The number of hydrogen-bond donors (Lipinski definition) is 4. The molecule has 0 fully saturated rings. The molecule has 0 aromatic heterocycles. The minimum atomic E-state index is -0.166. The SMILES string of the molecule is CCCCC(CC)CNC(=O)NCCCCCCCNC(=O)Nc1ccc2ccc3cccc4ccc1c2c34. The lowest BCUT2D eigenvalue weighted by atomic mass is 9.93. The van der Waals surface area contributed by atoms with E-state index in [4.69, 9.17) is 0 Å². The molecular formula is C33H44N4O2. The van der Waals surface area contributed by atoms with Crippen LogP contribution in [0.3, 0.4) is 0 Å². The molecule has 0 saturated heterocycles. The van der Waals surface area contributed by atoms with Crippen molar-refractivity contribution in [1.82, 2.24) is 16.0 Å². The lowest BCUT2D eigenvalue weighted by Gasteiger charge is -2.15. The number of benzene rings is 4. The Balaban J connectivity index is 1.11. The van der Waals surface area contributed by atoms with Gasteiger partial charge >= 0.3 is 12.1 Å². The van der Waals surface area contributed by atoms with Crippen molar-refractivity contribution >= 4 is 50.1 Å². The molecule has 0 heterocycles. The van der Waals surface area contributed by atoms with Gasteiger partial charge in [-0.25, -0.2) is 9.59 Å². The summed E-state index contributed by atoms with van der Waals surface area (Å²) in [6, 6.07) is 18.8. The van der Waals surface area contributed by atoms with Gasteiger partial charge in [-0.05, 0) is 58.2 Å². The van der Waals surface area contributed by atoms with E-state index in [0.717, 1.165) is 56.1 Å². The molecule has 0 radical (unpaired) electrons. The van der Waals surface area contributed by atoms with E-state index < -0.39 is 0 Å². The fraction of sp³-hybridized carbons (Fsp3) is 0.455. The van der Waals surface area contributed by atoms with Gasteiger partial charge < -0.3 is 21.3 Å². The number of hydrogen-bond acceptors (Lipinski definition) is 2. The summed E-state index contributed by atoms with van der Waals surface area (Å²) in [5.74, 6) is 0.576. The van der Waals surface area contributed by atoms with Crippen molar-refractivity contribution in [2.75, 3.05) is 25.0 Å². The largest absolute Gasteiger partial charge is 0.338 e. The highest BCUT2D eigenvalue weighted by Gasteiger charge is 2.12. The Morgan fingerprint density at radius 3 is 1.97 bits per heavy atom. The number of rotatable bonds is 15. The average Bonchev–Trinajstić information content (AvgIpc) is 2.96. The van der Waals surface area contributed by atoms with Crippen LogP contribution < -0.4 is 21.3 Å². The minimum Gasteiger partial charge on any atom is -0.338 e. The zero-order valence-corrected chi connectivity index (χ0v) is 23.6. The zero-order chi connectivity index (χ0) is 27.5. The fourth-order valence-electron chi connectivity index (χ4n) is 5.44. The lowest BCUT2D eigenvalue weighted by Crippen LogP contribution is -2.38. The van der Waals surface area contributed by atoms with Crippen LogP contribution in [-0.4, -0.2) is 31.7 Å². The number of urea groups is 2. The first-order valence-corrected chi connectivity index (χ1v) is 14.8. The molecule has 6 heteroatoms. The summed E-state index contributed by atoms with van der Waals surface area (Å²) in [6.45, 7) is 6.51. The van der Waals surface area contributed by atoms with Crippen LogP contribution >= 0.6 is 0 Å². The Morgan fingerprint density at radius 1 is 0.667 bits per heavy atom. The summed E-state index contributed by atoms with van der Waals surface area (Å²) >= 11 is 0. The van der Waals surface area contributed by atoms with Crippen LogP contribution in [0.5, 0.6) is 0 Å². The Bertz CT molecular complexity index is 1340. The Kier molecular flexibility index (Phi) is 10.6. The van der Waals surface area contributed by atoms with E-state index in [1.54, 1.807) is 0 Å². The molecule has 1 unspecified atom stereocenters. The highest BCUT2D eigenvalue weighted by molar-refractivity contribution is 6.25. The van der Waals surface area contributed by atoms with E-state index in [2.05, 4.69) is 83.6 Å². The van der Waals surface area contributed by atoms with Gasteiger partial charge in [0.2, 0.25) is 0 Å². The Hall–Kier alpha value is -3.54. The summed E-state index contributed by atoms with van der Waals surface area (Å²) in [6.07, 6.45) is 9.86. The number of carbonyl (C=O) groups excluding carboxylic acids is 2. The average molecular weight is 529 g/mol. The highest BCUT2D eigenvalue weighted by atomic mass is 16.2. The van der Waals surface area contributed by atoms with Crippen LogP contribution in [0.25, 0.3) is 32.3 Å². The van der Waals surface area contributed by atoms with Crippen molar-refractivity contribution < 1.29 is 9.59 Å². The first-order chi connectivity index (χ1) is 19.1. The van der Waals surface area contributed by atoms with Crippen molar-refractivity contribution in [2.45, 2.75) is 71.6 Å². The molecule has 4 N–H and O–H groups in total. The van der Waals surface area contributed by atoms with Crippen molar-refractivity contribution in [3.05, 3.63) is 54.6 Å². The Labute approximate surface area is 232 Å². The molecule has 0 saturated carbocycles. The molecule has 4 amide bonds. The maximum absolute atomic E-state index is 12.6. The Morgan fingerprint density at radius 2 is 1.28 bits per heavy atom. The number of nitrogens with one attached hydrogen (secondary N) is 4. The van der Waals surface area contributed by atoms with E-state index in [-0.39, 0.29) is 12.1 Å². The zero-order valence-electron chi connectivity index (χ0n) is 23.6. The predicted octanol–water partition coefficient (Wildman–Crippen LogP) is 8.17. The number of carbonyl (C=O) groups is 2. The third kappa shape index (κ3) is 7.75. The molecule has 1 atom stereocenters. The molecule has 6 nitrogen and oxygen atoms in total. The third-order valence-corrected chi connectivity index (χ3v) is 7.80. The van der Waals surface area contributed by atoms with Crippen LogP contribution in [0, 0.1) is 5.92 Å².